The summed E-state index contributed by atoms with van der Waals surface area (Å²) >= 11 is 0. The van der Waals surface area contributed by atoms with Crippen LogP contribution < -0.4 is 5.32 Å². The predicted octanol–water partition coefficient (Wildman–Crippen LogP) is 1.68. The Balaban J connectivity index is 2.09. The Bertz CT molecular complexity index is 651. The largest absolute Gasteiger partial charge is 0.481 e. The highest BCUT2D eigenvalue weighted by molar-refractivity contribution is 5.94. The average molecular weight is 288 g/mol. The van der Waals surface area contributed by atoms with Crippen LogP contribution in [-0.2, 0) is 16.6 Å². The molecule has 2 aromatic rings. The molecule has 2 rings (SSSR count). The van der Waals surface area contributed by atoms with E-state index in [9.17, 15) is 9.59 Å². The molecule has 1 aromatic carbocycles. The molecule has 0 bridgehead atoms. The van der Waals surface area contributed by atoms with Gasteiger partial charge in [0.1, 0.15) is 6.33 Å². The third-order valence-corrected chi connectivity index (χ3v) is 2.95. The first-order valence-corrected chi connectivity index (χ1v) is 6.53. The number of carbonyl (C=O) groups is 2. The quantitative estimate of drug-likeness (QED) is 0.842. The van der Waals surface area contributed by atoms with Crippen LogP contribution >= 0.6 is 0 Å². The van der Waals surface area contributed by atoms with Crippen LogP contribution in [0, 0.1) is 0 Å². The van der Waals surface area contributed by atoms with Gasteiger partial charge in [-0.05, 0) is 18.6 Å². The number of nitrogens with zero attached hydrogens (tertiary/aromatic N) is 3. The SMILES string of the molecule is Cn1cnnc1-c1ccccc1NC(=O)CCCC(=O)O. The smallest absolute Gasteiger partial charge is 0.303 e. The van der Waals surface area contributed by atoms with Crippen molar-refractivity contribution >= 4 is 17.6 Å². The first-order valence-electron chi connectivity index (χ1n) is 6.53. The summed E-state index contributed by atoms with van der Waals surface area (Å²) in [6, 6.07) is 7.28. The molecule has 0 atom stereocenters. The van der Waals surface area contributed by atoms with Crippen molar-refractivity contribution in [3.63, 3.8) is 0 Å². The van der Waals surface area contributed by atoms with Crippen LogP contribution in [-0.4, -0.2) is 31.7 Å². The normalized spacial score (nSPS) is 10.3. The Kier molecular flexibility index (Phi) is 4.65. The summed E-state index contributed by atoms with van der Waals surface area (Å²) in [6.45, 7) is 0. The van der Waals surface area contributed by atoms with Crippen molar-refractivity contribution in [3.8, 4) is 11.4 Å². The number of hydrogen-bond acceptors (Lipinski definition) is 4. The molecule has 0 saturated heterocycles. The molecule has 0 aliphatic heterocycles. The number of benzene rings is 1. The zero-order valence-corrected chi connectivity index (χ0v) is 11.6. The van der Waals surface area contributed by atoms with E-state index >= 15 is 0 Å². The Morgan fingerprint density at radius 2 is 2.05 bits per heavy atom. The molecule has 0 aliphatic carbocycles. The van der Waals surface area contributed by atoms with E-state index in [0.29, 0.717) is 17.9 Å². The summed E-state index contributed by atoms with van der Waals surface area (Å²) in [5, 5.41) is 19.2. The lowest BCUT2D eigenvalue weighted by atomic mass is 10.1. The molecule has 0 unspecified atom stereocenters. The number of carboxylic acid groups (broad SMARTS) is 1. The summed E-state index contributed by atoms with van der Waals surface area (Å²) in [6.07, 6.45) is 2.05. The van der Waals surface area contributed by atoms with Crippen LogP contribution in [0.1, 0.15) is 19.3 Å². The molecule has 0 radical (unpaired) electrons. The highest BCUT2D eigenvalue weighted by Crippen LogP contribution is 2.25. The Labute approximate surface area is 121 Å². The fraction of sp³-hybridized carbons (Fsp3) is 0.286. The van der Waals surface area contributed by atoms with E-state index in [-0.39, 0.29) is 18.7 Å². The Morgan fingerprint density at radius 3 is 2.71 bits per heavy atom. The van der Waals surface area contributed by atoms with E-state index in [1.54, 1.807) is 17.0 Å². The van der Waals surface area contributed by atoms with Crippen molar-refractivity contribution in [1.29, 1.82) is 0 Å². The lowest BCUT2D eigenvalue weighted by Crippen LogP contribution is -2.13. The number of aryl methyl sites for hydroxylation is 1. The minimum Gasteiger partial charge on any atom is -0.481 e. The number of para-hydroxylation sites is 1. The molecule has 110 valence electrons. The topological polar surface area (TPSA) is 97.1 Å². The fourth-order valence-electron chi connectivity index (χ4n) is 1.93. The number of amides is 1. The maximum atomic E-state index is 11.9. The molecular weight excluding hydrogens is 272 g/mol. The van der Waals surface area contributed by atoms with Gasteiger partial charge in [-0.25, -0.2) is 0 Å². The van der Waals surface area contributed by atoms with Crippen molar-refractivity contribution in [3.05, 3.63) is 30.6 Å². The number of aliphatic carboxylic acids is 1. The van der Waals surface area contributed by atoms with Gasteiger partial charge >= 0.3 is 5.97 Å². The molecule has 0 spiro atoms. The number of aromatic nitrogens is 3. The number of hydrogen-bond donors (Lipinski definition) is 2. The number of carbonyl (C=O) groups excluding carboxylic acids is 1. The van der Waals surface area contributed by atoms with Crippen molar-refractivity contribution < 1.29 is 14.7 Å². The second-order valence-electron chi connectivity index (χ2n) is 4.61. The van der Waals surface area contributed by atoms with E-state index in [2.05, 4.69) is 15.5 Å². The van der Waals surface area contributed by atoms with Gasteiger partial charge in [0.25, 0.3) is 0 Å². The summed E-state index contributed by atoms with van der Waals surface area (Å²) in [4.78, 5) is 22.3. The lowest BCUT2D eigenvalue weighted by Gasteiger charge is -2.10. The van der Waals surface area contributed by atoms with Gasteiger partial charge in [-0.15, -0.1) is 10.2 Å². The van der Waals surface area contributed by atoms with Gasteiger partial charge in [0.2, 0.25) is 5.91 Å². The molecule has 7 heteroatoms. The minimum absolute atomic E-state index is 0.0155. The Hall–Kier alpha value is -2.70. The molecule has 1 aromatic heterocycles. The van der Waals surface area contributed by atoms with Crippen LogP contribution in [0.15, 0.2) is 30.6 Å². The second kappa shape index (κ2) is 6.65. The maximum Gasteiger partial charge on any atom is 0.303 e. The van der Waals surface area contributed by atoms with Crippen molar-refractivity contribution in [2.45, 2.75) is 19.3 Å². The molecule has 1 amide bonds. The van der Waals surface area contributed by atoms with Crippen molar-refractivity contribution in [1.82, 2.24) is 14.8 Å². The summed E-state index contributed by atoms with van der Waals surface area (Å²) in [5.41, 5.74) is 1.40. The summed E-state index contributed by atoms with van der Waals surface area (Å²) in [5.74, 6) is -0.468. The Morgan fingerprint density at radius 1 is 1.29 bits per heavy atom. The van der Waals surface area contributed by atoms with Gasteiger partial charge in [0, 0.05) is 25.5 Å². The molecule has 0 fully saturated rings. The molecule has 1 heterocycles. The molecule has 0 saturated carbocycles. The summed E-state index contributed by atoms with van der Waals surface area (Å²) in [7, 11) is 1.82. The van der Waals surface area contributed by atoms with E-state index in [1.165, 1.54) is 0 Å². The molecular formula is C14H16N4O3. The van der Waals surface area contributed by atoms with Crippen LogP contribution in [0.5, 0.6) is 0 Å². The van der Waals surface area contributed by atoms with Gasteiger partial charge in [-0.1, -0.05) is 12.1 Å². The second-order valence-corrected chi connectivity index (χ2v) is 4.61. The number of anilines is 1. The van der Waals surface area contributed by atoms with Gasteiger partial charge in [0.15, 0.2) is 5.82 Å². The third kappa shape index (κ3) is 3.88. The van der Waals surface area contributed by atoms with Gasteiger partial charge in [-0.2, -0.15) is 0 Å². The number of nitrogens with one attached hydrogen (secondary N) is 1. The maximum absolute atomic E-state index is 11.9. The van der Waals surface area contributed by atoms with Gasteiger partial charge < -0.3 is 15.0 Å². The zero-order chi connectivity index (χ0) is 15.2. The van der Waals surface area contributed by atoms with E-state index in [0.717, 1.165) is 5.56 Å². The first kappa shape index (κ1) is 14.7. The predicted molar refractivity (Wildman–Crippen MR) is 76.6 cm³/mol. The third-order valence-electron chi connectivity index (χ3n) is 2.95. The van der Waals surface area contributed by atoms with Crippen molar-refractivity contribution in [2.24, 2.45) is 7.05 Å². The van der Waals surface area contributed by atoms with Crippen LogP contribution in [0.25, 0.3) is 11.4 Å². The molecule has 2 N–H and O–H groups in total. The average Bonchev–Trinajstić information content (AvgIpc) is 2.85. The van der Waals surface area contributed by atoms with E-state index in [1.807, 2.05) is 25.2 Å². The molecule has 0 aliphatic rings. The van der Waals surface area contributed by atoms with Gasteiger partial charge in [-0.3, -0.25) is 9.59 Å². The minimum atomic E-state index is -0.901. The zero-order valence-electron chi connectivity index (χ0n) is 11.6. The monoisotopic (exact) mass is 288 g/mol. The highest BCUT2D eigenvalue weighted by Gasteiger charge is 2.12. The van der Waals surface area contributed by atoms with Crippen LogP contribution in [0.4, 0.5) is 5.69 Å². The summed E-state index contributed by atoms with van der Waals surface area (Å²) < 4.78 is 1.76. The standard InChI is InChI=1S/C14H16N4O3/c1-18-9-15-17-14(18)10-5-2-3-6-11(10)16-12(19)7-4-8-13(20)21/h2-3,5-6,9H,4,7-8H2,1H3,(H,16,19)(H,20,21). The lowest BCUT2D eigenvalue weighted by molar-refractivity contribution is -0.137. The highest BCUT2D eigenvalue weighted by atomic mass is 16.4. The van der Waals surface area contributed by atoms with Crippen LogP contribution in [0.3, 0.4) is 0 Å². The van der Waals surface area contributed by atoms with E-state index in [4.69, 9.17) is 5.11 Å². The number of carboxylic acids is 1. The van der Waals surface area contributed by atoms with Crippen molar-refractivity contribution in [2.75, 3.05) is 5.32 Å². The molecule has 7 nitrogen and oxygen atoms in total. The van der Waals surface area contributed by atoms with Gasteiger partial charge in [0.05, 0.1) is 5.69 Å². The van der Waals surface area contributed by atoms with E-state index < -0.39 is 5.97 Å². The van der Waals surface area contributed by atoms with Crippen LogP contribution in [0.2, 0.25) is 0 Å². The first-order chi connectivity index (χ1) is 10.1. The molecule has 21 heavy (non-hydrogen) atoms. The number of rotatable bonds is 6. The fourth-order valence-corrected chi connectivity index (χ4v) is 1.93.